The fourth-order valence-corrected chi connectivity index (χ4v) is 16.8. The van der Waals surface area contributed by atoms with Gasteiger partial charge in [0.05, 0.1) is 0 Å². The van der Waals surface area contributed by atoms with E-state index in [9.17, 15) is 9.90 Å². The summed E-state index contributed by atoms with van der Waals surface area (Å²) >= 11 is -3.43. The summed E-state index contributed by atoms with van der Waals surface area (Å²) in [7, 11) is 0. The third kappa shape index (κ3) is 6.87. The van der Waals surface area contributed by atoms with Crippen LogP contribution < -0.4 is 11.3 Å². The molecule has 4 rings (SSSR count). The van der Waals surface area contributed by atoms with Crippen molar-refractivity contribution in [3.05, 3.63) is 16.7 Å². The summed E-state index contributed by atoms with van der Waals surface area (Å²) in [6, 6.07) is 0. The Labute approximate surface area is 224 Å². The van der Waals surface area contributed by atoms with Gasteiger partial charge in [-0.25, -0.2) is 0 Å². The summed E-state index contributed by atoms with van der Waals surface area (Å²) in [6.45, 7) is 4.33. The Kier molecular flexibility index (Phi) is 10.7. The third-order valence-corrected chi connectivity index (χ3v) is 18.1. The molecular formula is C26H45N5O5Sn. The molecule has 0 spiro atoms. The Balaban J connectivity index is 1.50. The van der Waals surface area contributed by atoms with Crippen molar-refractivity contribution in [1.82, 2.24) is 19.5 Å². The number of fused-ring (bicyclic) bond motifs is 2. The molecule has 2 aliphatic heterocycles. The first kappa shape index (κ1) is 28.8. The van der Waals surface area contributed by atoms with Crippen molar-refractivity contribution in [3.8, 4) is 0 Å². The van der Waals surface area contributed by atoms with Gasteiger partial charge in [0, 0.05) is 0 Å². The molecule has 4 atom stereocenters. The van der Waals surface area contributed by atoms with Crippen LogP contribution in [0.1, 0.15) is 97.1 Å². The number of aliphatic hydroxyl groups is 1. The van der Waals surface area contributed by atoms with Crippen LogP contribution in [0.25, 0.3) is 11.2 Å². The summed E-state index contributed by atoms with van der Waals surface area (Å²) in [4.78, 5) is 23.4. The minimum atomic E-state index is -3.43. The molecule has 2 aromatic rings. The van der Waals surface area contributed by atoms with E-state index >= 15 is 0 Å². The zero-order chi connectivity index (χ0) is 26.3. The minimum absolute atomic E-state index is 0.0239. The van der Waals surface area contributed by atoms with Gasteiger partial charge in [0.15, 0.2) is 0 Å². The molecule has 0 saturated carbocycles. The summed E-state index contributed by atoms with van der Waals surface area (Å²) in [5.41, 5.74) is 5.98. The Morgan fingerprint density at radius 3 is 2.19 bits per heavy atom. The van der Waals surface area contributed by atoms with E-state index in [1.165, 1.54) is 64.2 Å². The number of anilines is 1. The summed E-state index contributed by atoms with van der Waals surface area (Å²) in [5, 5.41) is 10.1. The fraction of sp³-hybridized carbons (Fsp3) is 0.808. The van der Waals surface area contributed by atoms with Crippen LogP contribution in [-0.4, -0.2) is 68.7 Å². The standard InChI is InChI=1S/C10H11N5O5.2C8H17.Sn/c11-10-13-7-4(8(19)14-10)12-2-15(7)9-6(18)5(17)3(1-16)20-9;2*1-3-5-7-8-6-4-2;/h2-3,5-6,9,16H,1H2,(H3,11,13,14,19);2*1,3-8H2,2H3;/q-2;;;+2. The monoisotopic (exact) mass is 627 g/mol. The van der Waals surface area contributed by atoms with E-state index in [0.717, 1.165) is 21.7 Å². The summed E-state index contributed by atoms with van der Waals surface area (Å²) in [5.74, 6) is 0.0239. The molecule has 10 nitrogen and oxygen atoms in total. The third-order valence-electron chi connectivity index (χ3n) is 7.71. The number of nitrogens with two attached hydrogens (primary N) is 1. The number of nitrogen functional groups attached to an aromatic ring is 1. The van der Waals surface area contributed by atoms with Crippen LogP contribution >= 0.6 is 0 Å². The molecule has 0 amide bonds. The second-order valence-corrected chi connectivity index (χ2v) is 20.0. The molecule has 2 fully saturated rings. The molecule has 4 unspecified atom stereocenters. The van der Waals surface area contributed by atoms with Crippen LogP contribution in [0.5, 0.6) is 0 Å². The van der Waals surface area contributed by atoms with E-state index in [-0.39, 0.29) is 30.3 Å². The van der Waals surface area contributed by atoms with Crippen LogP contribution in [0.3, 0.4) is 0 Å². The molecule has 0 aliphatic carbocycles. The van der Waals surface area contributed by atoms with Crippen LogP contribution in [-0.2, 0) is 10.9 Å². The van der Waals surface area contributed by atoms with E-state index in [0.29, 0.717) is 5.65 Å². The van der Waals surface area contributed by atoms with Crippen molar-refractivity contribution < 1.29 is 16.0 Å². The Morgan fingerprint density at radius 1 is 0.973 bits per heavy atom. The maximum atomic E-state index is 12.3. The average molecular weight is 626 g/mol. The van der Waals surface area contributed by atoms with E-state index in [2.05, 4.69) is 28.8 Å². The van der Waals surface area contributed by atoms with Crippen molar-refractivity contribution in [2.45, 2.75) is 124 Å². The topological polar surface area (TPSA) is 138 Å². The number of rotatable bonds is 16. The van der Waals surface area contributed by atoms with E-state index in [1.807, 2.05) is 0 Å². The van der Waals surface area contributed by atoms with Crippen LogP contribution in [0, 0.1) is 0 Å². The Morgan fingerprint density at radius 2 is 1.57 bits per heavy atom. The second-order valence-electron chi connectivity index (χ2n) is 10.6. The fourth-order valence-electron chi connectivity index (χ4n) is 5.71. The Hall–Kier alpha value is -1.21. The number of unbranched alkanes of at least 4 members (excludes halogenated alkanes) is 10. The number of ether oxygens (including phenoxy) is 1. The van der Waals surface area contributed by atoms with Gasteiger partial charge >= 0.3 is 225 Å². The maximum absolute atomic E-state index is 12.3. The van der Waals surface area contributed by atoms with Gasteiger partial charge in [-0.3, -0.25) is 0 Å². The molecule has 208 valence electrons. The van der Waals surface area contributed by atoms with Crippen LogP contribution in [0.4, 0.5) is 5.95 Å². The van der Waals surface area contributed by atoms with Gasteiger partial charge in [-0.05, 0) is 0 Å². The molecule has 2 aromatic heterocycles. The molecule has 0 aromatic carbocycles. The SMILES string of the molecule is CCCCCCC[CH2][Sn]1([CH2]CCCCCCC)[O]C2C(CO)OC(n3cnc4c(=O)[nH]c(N)nc43)C2[O]1. The second kappa shape index (κ2) is 13.7. The molecule has 0 bridgehead atoms. The first-order valence-electron chi connectivity index (χ1n) is 14.4. The van der Waals surface area contributed by atoms with Crippen LogP contribution in [0.2, 0.25) is 8.87 Å². The van der Waals surface area contributed by atoms with E-state index < -0.39 is 37.1 Å². The number of hydrogen-bond donors (Lipinski definition) is 3. The number of nitrogens with zero attached hydrogens (tertiary/aromatic N) is 3. The van der Waals surface area contributed by atoms with Crippen molar-refractivity contribution in [1.29, 1.82) is 0 Å². The number of hydrogen-bond acceptors (Lipinski definition) is 8. The number of H-pyrrole nitrogens is 1. The first-order chi connectivity index (χ1) is 18.0. The average Bonchev–Trinajstić information content (AvgIpc) is 3.55. The number of aromatic nitrogens is 4. The van der Waals surface area contributed by atoms with Crippen molar-refractivity contribution in [2.75, 3.05) is 12.3 Å². The Bertz CT molecular complexity index is 1030. The zero-order valence-corrected chi connectivity index (χ0v) is 25.3. The van der Waals surface area contributed by atoms with E-state index in [1.54, 1.807) is 10.9 Å². The van der Waals surface area contributed by atoms with E-state index in [4.69, 9.17) is 16.6 Å². The molecule has 37 heavy (non-hydrogen) atoms. The number of imidazole rings is 1. The van der Waals surface area contributed by atoms with Crippen LogP contribution in [0.15, 0.2) is 11.1 Å². The van der Waals surface area contributed by atoms with Gasteiger partial charge in [0.25, 0.3) is 0 Å². The predicted octanol–water partition coefficient (Wildman–Crippen LogP) is 4.54. The zero-order valence-electron chi connectivity index (χ0n) is 22.5. The van der Waals surface area contributed by atoms with Gasteiger partial charge in [0.2, 0.25) is 0 Å². The molecule has 4 N–H and O–H groups in total. The molecule has 0 radical (unpaired) electrons. The first-order valence-corrected chi connectivity index (χ1v) is 20.7. The number of nitrogens with one attached hydrogen (secondary N) is 1. The molecule has 11 heteroatoms. The van der Waals surface area contributed by atoms with Gasteiger partial charge in [-0.1, -0.05) is 0 Å². The number of aliphatic hydroxyl groups excluding tert-OH is 1. The molecule has 4 heterocycles. The summed E-state index contributed by atoms with van der Waals surface area (Å²) in [6.07, 6.45) is 14.7. The van der Waals surface area contributed by atoms with Crippen molar-refractivity contribution in [3.63, 3.8) is 0 Å². The van der Waals surface area contributed by atoms with Crippen molar-refractivity contribution >= 4 is 36.3 Å². The quantitative estimate of drug-likeness (QED) is 0.183. The number of aromatic amines is 1. The molecule has 2 saturated heterocycles. The normalized spacial score (nSPS) is 24.7. The van der Waals surface area contributed by atoms with Gasteiger partial charge < -0.3 is 0 Å². The van der Waals surface area contributed by atoms with Crippen molar-refractivity contribution in [2.24, 2.45) is 0 Å². The summed E-state index contributed by atoms with van der Waals surface area (Å²) < 4.78 is 23.8. The van der Waals surface area contributed by atoms with Gasteiger partial charge in [-0.2, -0.15) is 0 Å². The predicted molar refractivity (Wildman–Crippen MR) is 145 cm³/mol. The molecule has 2 aliphatic rings. The van der Waals surface area contributed by atoms with Gasteiger partial charge in [0.1, 0.15) is 0 Å². The molecular weight excluding hydrogens is 581 g/mol. The van der Waals surface area contributed by atoms with Gasteiger partial charge in [-0.15, -0.1) is 0 Å².